The highest BCUT2D eigenvalue weighted by atomic mass is 35.5. The fourth-order valence-electron chi connectivity index (χ4n) is 2.87. The van der Waals surface area contributed by atoms with Crippen LogP contribution in [-0.2, 0) is 0 Å². The second kappa shape index (κ2) is 10.7. The van der Waals surface area contributed by atoms with Gasteiger partial charge < -0.3 is 10.1 Å². The minimum atomic E-state index is -4.74. The Labute approximate surface area is 164 Å². The van der Waals surface area contributed by atoms with Crippen LogP contribution in [0.25, 0.3) is 0 Å². The standard InChI is InChI=1S/C16H22ClF3N2O.2ClH/c1-11(2)9-14(22-7-5-21-6-8-22)12-3-4-15(13(17)10-12)23-16(18,19)20;;/h3-4,10-11,14,21H,5-9H2,1-2H3;2*1H/t14-;;/m0../s1. The van der Waals surface area contributed by atoms with Crippen molar-refractivity contribution in [3.05, 3.63) is 28.8 Å². The molecule has 1 heterocycles. The van der Waals surface area contributed by atoms with Gasteiger partial charge in [0.25, 0.3) is 0 Å². The van der Waals surface area contributed by atoms with Gasteiger partial charge in [0.15, 0.2) is 0 Å². The fourth-order valence-corrected chi connectivity index (χ4v) is 3.10. The third-order valence-corrected chi connectivity index (χ3v) is 4.15. The quantitative estimate of drug-likeness (QED) is 0.715. The Hall–Kier alpha value is -0.400. The molecule has 1 aromatic carbocycles. The Morgan fingerprint density at radius 3 is 2.28 bits per heavy atom. The number of halogens is 6. The number of hydrogen-bond acceptors (Lipinski definition) is 3. The van der Waals surface area contributed by atoms with Crippen LogP contribution in [0.3, 0.4) is 0 Å². The molecule has 25 heavy (non-hydrogen) atoms. The summed E-state index contributed by atoms with van der Waals surface area (Å²) in [5.41, 5.74) is 0.931. The normalized spacial score (nSPS) is 16.8. The number of ether oxygens (including phenoxy) is 1. The van der Waals surface area contributed by atoms with E-state index in [1.165, 1.54) is 6.07 Å². The molecule has 0 aromatic heterocycles. The molecule has 1 atom stereocenters. The van der Waals surface area contributed by atoms with E-state index in [1.54, 1.807) is 12.1 Å². The highest BCUT2D eigenvalue weighted by molar-refractivity contribution is 6.32. The number of rotatable bonds is 5. The molecule has 1 fully saturated rings. The van der Waals surface area contributed by atoms with E-state index in [1.807, 2.05) is 0 Å². The van der Waals surface area contributed by atoms with Crippen LogP contribution in [0.1, 0.15) is 31.9 Å². The molecule has 146 valence electrons. The summed E-state index contributed by atoms with van der Waals surface area (Å²) in [5.74, 6) is 0.117. The molecule has 3 nitrogen and oxygen atoms in total. The summed E-state index contributed by atoms with van der Waals surface area (Å²) >= 11 is 6.00. The maximum atomic E-state index is 12.3. The smallest absolute Gasteiger partial charge is 0.404 e. The van der Waals surface area contributed by atoms with Crippen molar-refractivity contribution >= 4 is 36.4 Å². The number of nitrogens with one attached hydrogen (secondary N) is 1. The van der Waals surface area contributed by atoms with Crippen LogP contribution in [0.4, 0.5) is 13.2 Å². The Balaban J connectivity index is 0.00000288. The third-order valence-electron chi connectivity index (χ3n) is 3.85. The number of hydrogen-bond donors (Lipinski definition) is 1. The predicted octanol–water partition coefficient (Wildman–Crippen LogP) is 5.07. The van der Waals surface area contributed by atoms with E-state index >= 15 is 0 Å². The lowest BCUT2D eigenvalue weighted by Gasteiger charge is -2.36. The van der Waals surface area contributed by atoms with Gasteiger partial charge in [0.05, 0.1) is 5.02 Å². The fraction of sp³-hybridized carbons (Fsp3) is 0.625. The minimum absolute atomic E-state index is 0. The van der Waals surface area contributed by atoms with Gasteiger partial charge in [0, 0.05) is 32.2 Å². The number of piperazine rings is 1. The zero-order valence-electron chi connectivity index (χ0n) is 14.1. The van der Waals surface area contributed by atoms with Crippen molar-refractivity contribution in [2.45, 2.75) is 32.7 Å². The molecular formula is C16H24Cl3F3N2O. The highest BCUT2D eigenvalue weighted by Gasteiger charge is 2.32. The third kappa shape index (κ3) is 7.79. The van der Waals surface area contributed by atoms with Crippen molar-refractivity contribution < 1.29 is 17.9 Å². The maximum Gasteiger partial charge on any atom is 0.573 e. The first kappa shape index (κ1) is 24.6. The van der Waals surface area contributed by atoms with Crippen molar-refractivity contribution in [1.82, 2.24) is 10.2 Å². The van der Waals surface area contributed by atoms with E-state index in [2.05, 4.69) is 28.8 Å². The van der Waals surface area contributed by atoms with Crippen LogP contribution in [0.5, 0.6) is 5.75 Å². The molecule has 2 rings (SSSR count). The van der Waals surface area contributed by atoms with Gasteiger partial charge in [-0.3, -0.25) is 4.90 Å². The summed E-state index contributed by atoms with van der Waals surface area (Å²) in [5, 5.41) is 3.30. The van der Waals surface area contributed by atoms with Gasteiger partial charge in [-0.2, -0.15) is 0 Å². The van der Waals surface area contributed by atoms with Crippen LogP contribution in [0, 0.1) is 5.92 Å². The lowest BCUT2D eigenvalue weighted by molar-refractivity contribution is -0.274. The molecule has 0 unspecified atom stereocenters. The molecule has 0 radical (unpaired) electrons. The maximum absolute atomic E-state index is 12.3. The molecule has 1 aromatic rings. The SMILES string of the molecule is CC(C)C[C@@H](c1ccc(OC(F)(F)F)c(Cl)c1)N1CCNCC1.Cl.Cl. The van der Waals surface area contributed by atoms with Crippen molar-refractivity contribution in [3.8, 4) is 5.75 Å². The predicted molar refractivity (Wildman–Crippen MR) is 99.3 cm³/mol. The van der Waals surface area contributed by atoms with Crippen molar-refractivity contribution in [2.75, 3.05) is 26.2 Å². The van der Waals surface area contributed by atoms with Crippen LogP contribution in [0.15, 0.2) is 18.2 Å². The first-order valence-electron chi connectivity index (χ1n) is 7.76. The molecule has 1 N–H and O–H groups in total. The summed E-state index contributed by atoms with van der Waals surface area (Å²) in [6, 6.07) is 4.73. The van der Waals surface area contributed by atoms with Crippen molar-refractivity contribution in [1.29, 1.82) is 0 Å². The summed E-state index contributed by atoms with van der Waals surface area (Å²) in [6.45, 7) is 7.93. The Morgan fingerprint density at radius 2 is 1.80 bits per heavy atom. The molecule has 0 bridgehead atoms. The molecule has 9 heteroatoms. The van der Waals surface area contributed by atoms with E-state index in [-0.39, 0.29) is 41.6 Å². The monoisotopic (exact) mass is 422 g/mol. The van der Waals surface area contributed by atoms with Crippen molar-refractivity contribution in [2.24, 2.45) is 5.92 Å². The largest absolute Gasteiger partial charge is 0.573 e. The van der Waals surface area contributed by atoms with E-state index in [0.29, 0.717) is 5.92 Å². The topological polar surface area (TPSA) is 24.5 Å². The van der Waals surface area contributed by atoms with E-state index in [4.69, 9.17) is 11.6 Å². The summed E-state index contributed by atoms with van der Waals surface area (Å²) in [7, 11) is 0. The second-order valence-corrected chi connectivity index (χ2v) is 6.58. The van der Waals surface area contributed by atoms with Gasteiger partial charge in [-0.15, -0.1) is 38.0 Å². The van der Waals surface area contributed by atoms with E-state index < -0.39 is 6.36 Å². The highest BCUT2D eigenvalue weighted by Crippen LogP contribution is 2.35. The zero-order chi connectivity index (χ0) is 17.0. The Morgan fingerprint density at radius 1 is 1.20 bits per heavy atom. The second-order valence-electron chi connectivity index (χ2n) is 6.17. The van der Waals surface area contributed by atoms with Gasteiger partial charge in [0.2, 0.25) is 0 Å². The first-order chi connectivity index (χ1) is 10.8. The van der Waals surface area contributed by atoms with Gasteiger partial charge >= 0.3 is 6.36 Å². The first-order valence-corrected chi connectivity index (χ1v) is 8.14. The molecule has 0 saturated carbocycles. The molecule has 1 aliphatic heterocycles. The minimum Gasteiger partial charge on any atom is -0.404 e. The average molecular weight is 424 g/mol. The number of benzene rings is 1. The molecule has 1 saturated heterocycles. The molecular weight excluding hydrogens is 400 g/mol. The molecule has 1 aliphatic rings. The number of alkyl halides is 3. The van der Waals surface area contributed by atoms with Gasteiger partial charge in [-0.05, 0) is 30.0 Å². The lowest BCUT2D eigenvalue weighted by Crippen LogP contribution is -2.45. The van der Waals surface area contributed by atoms with Crippen LogP contribution in [0.2, 0.25) is 5.02 Å². The molecule has 0 amide bonds. The van der Waals surface area contributed by atoms with E-state index in [0.717, 1.165) is 38.2 Å². The molecule has 0 spiro atoms. The Bertz CT molecular complexity index is 524. The Kier molecular flexibility index (Phi) is 10.5. The van der Waals surface area contributed by atoms with Crippen LogP contribution < -0.4 is 10.1 Å². The summed E-state index contributed by atoms with van der Waals surface area (Å²) in [6.07, 6.45) is -3.81. The van der Waals surface area contributed by atoms with Crippen LogP contribution >= 0.6 is 36.4 Å². The summed E-state index contributed by atoms with van der Waals surface area (Å²) in [4.78, 5) is 2.35. The molecule has 0 aliphatic carbocycles. The van der Waals surface area contributed by atoms with Gasteiger partial charge in [-0.1, -0.05) is 31.5 Å². The van der Waals surface area contributed by atoms with Gasteiger partial charge in [0.1, 0.15) is 5.75 Å². The van der Waals surface area contributed by atoms with E-state index in [9.17, 15) is 13.2 Å². The average Bonchev–Trinajstić information content (AvgIpc) is 2.46. The summed E-state index contributed by atoms with van der Waals surface area (Å²) < 4.78 is 41.0. The zero-order valence-corrected chi connectivity index (χ0v) is 16.5. The van der Waals surface area contributed by atoms with Gasteiger partial charge in [-0.25, -0.2) is 0 Å². The van der Waals surface area contributed by atoms with Crippen molar-refractivity contribution in [3.63, 3.8) is 0 Å². The number of nitrogens with zero attached hydrogens (tertiary/aromatic N) is 1. The lowest BCUT2D eigenvalue weighted by atomic mass is 9.95. The van der Waals surface area contributed by atoms with Crippen LogP contribution in [-0.4, -0.2) is 37.4 Å².